The summed E-state index contributed by atoms with van der Waals surface area (Å²) in [5.74, 6) is 0.575. The Morgan fingerprint density at radius 1 is 1.60 bits per heavy atom. The number of alkyl halides is 1. The largest absolute Gasteiger partial charge is 0.493 e. The Hall–Kier alpha value is -0.540. The fraction of sp³-hybridized carbons (Fsp3) is 0.364. The monoisotopic (exact) mass is 290 g/mol. The zero-order chi connectivity index (χ0) is 11.4. The second-order valence-corrected chi connectivity index (χ2v) is 4.57. The summed E-state index contributed by atoms with van der Waals surface area (Å²) in [5.41, 5.74) is 0.573. The Balaban J connectivity index is 3.01. The number of ketones is 1. The summed E-state index contributed by atoms with van der Waals surface area (Å²) in [4.78, 5) is 11.6. The van der Waals surface area contributed by atoms with Gasteiger partial charge in [-0.2, -0.15) is 0 Å². The lowest BCUT2D eigenvalue weighted by molar-refractivity contribution is 0.0991. The fourth-order valence-electron chi connectivity index (χ4n) is 1.15. The molecule has 82 valence electrons. The molecule has 0 fully saturated rings. The van der Waals surface area contributed by atoms with Gasteiger partial charge in [0.2, 0.25) is 0 Å². The van der Waals surface area contributed by atoms with Gasteiger partial charge in [0.05, 0.1) is 16.5 Å². The lowest BCUT2D eigenvalue weighted by atomic mass is 10.1. The molecule has 0 radical (unpaired) electrons. The van der Waals surface area contributed by atoms with Crippen molar-refractivity contribution >= 4 is 33.3 Å². The molecule has 4 heteroatoms. The van der Waals surface area contributed by atoms with Gasteiger partial charge >= 0.3 is 0 Å². The molecule has 0 N–H and O–H groups in total. The summed E-state index contributed by atoms with van der Waals surface area (Å²) in [5, 5.41) is -0.513. The van der Waals surface area contributed by atoms with Crippen LogP contribution < -0.4 is 4.74 Å². The predicted molar refractivity (Wildman–Crippen MR) is 65.0 cm³/mol. The minimum Gasteiger partial charge on any atom is -0.493 e. The molecule has 0 spiro atoms. The highest BCUT2D eigenvalue weighted by Crippen LogP contribution is 2.26. The summed E-state index contributed by atoms with van der Waals surface area (Å²) in [6.07, 6.45) is 0. The van der Waals surface area contributed by atoms with Gasteiger partial charge < -0.3 is 4.74 Å². The Labute approximate surface area is 103 Å². The van der Waals surface area contributed by atoms with E-state index in [-0.39, 0.29) is 5.78 Å². The average molecular weight is 292 g/mol. The molecule has 0 heterocycles. The molecule has 1 aromatic rings. The molecule has 0 aliphatic heterocycles. The smallest absolute Gasteiger partial charge is 0.180 e. The van der Waals surface area contributed by atoms with Crippen LogP contribution in [0.2, 0.25) is 0 Å². The standard InChI is InChI=1S/C11H12BrClO2/c1-3-15-10-6-8(4-5-9(10)12)11(14)7(2)13/h4-7H,3H2,1-2H3. The second-order valence-electron chi connectivity index (χ2n) is 3.06. The highest BCUT2D eigenvalue weighted by Gasteiger charge is 2.14. The molecule has 1 aromatic carbocycles. The summed E-state index contributed by atoms with van der Waals surface area (Å²) in [7, 11) is 0. The SMILES string of the molecule is CCOc1cc(C(=O)C(C)Cl)ccc1Br. The van der Waals surface area contributed by atoms with Crippen LogP contribution in [0.4, 0.5) is 0 Å². The van der Waals surface area contributed by atoms with Crippen LogP contribution in [0.15, 0.2) is 22.7 Å². The number of carbonyl (C=O) groups is 1. The quantitative estimate of drug-likeness (QED) is 0.625. The Bertz CT molecular complexity index is 364. The maximum Gasteiger partial charge on any atom is 0.180 e. The van der Waals surface area contributed by atoms with Crippen molar-refractivity contribution in [3.63, 3.8) is 0 Å². The molecule has 0 bridgehead atoms. The van der Waals surface area contributed by atoms with Gasteiger partial charge in [-0.1, -0.05) is 0 Å². The molecule has 1 rings (SSSR count). The summed E-state index contributed by atoms with van der Waals surface area (Å²) < 4.78 is 6.20. The van der Waals surface area contributed by atoms with E-state index in [9.17, 15) is 4.79 Å². The molecule has 2 nitrogen and oxygen atoms in total. The van der Waals surface area contributed by atoms with Crippen LogP contribution in [-0.4, -0.2) is 17.8 Å². The first-order valence-electron chi connectivity index (χ1n) is 4.67. The number of ether oxygens (including phenoxy) is 1. The van der Waals surface area contributed by atoms with E-state index in [0.29, 0.717) is 17.9 Å². The van der Waals surface area contributed by atoms with Crippen LogP contribution in [0.1, 0.15) is 24.2 Å². The van der Waals surface area contributed by atoms with Gasteiger partial charge in [0, 0.05) is 5.56 Å². The molecule has 15 heavy (non-hydrogen) atoms. The third-order valence-corrected chi connectivity index (χ3v) is 2.73. The highest BCUT2D eigenvalue weighted by molar-refractivity contribution is 9.10. The first kappa shape index (κ1) is 12.5. The molecule has 0 aliphatic rings. The average Bonchev–Trinajstić information content (AvgIpc) is 2.20. The van der Waals surface area contributed by atoms with Gasteiger partial charge in [0.25, 0.3) is 0 Å². The molecule has 1 unspecified atom stereocenters. The van der Waals surface area contributed by atoms with Crippen molar-refractivity contribution in [3.05, 3.63) is 28.2 Å². The minimum absolute atomic E-state index is 0.0925. The van der Waals surface area contributed by atoms with Gasteiger partial charge in [-0.15, -0.1) is 11.6 Å². The zero-order valence-corrected chi connectivity index (χ0v) is 10.9. The van der Waals surface area contributed by atoms with E-state index in [1.807, 2.05) is 6.92 Å². The van der Waals surface area contributed by atoms with Crippen LogP contribution in [0, 0.1) is 0 Å². The van der Waals surface area contributed by atoms with Crippen LogP contribution in [-0.2, 0) is 0 Å². The van der Waals surface area contributed by atoms with Crippen LogP contribution >= 0.6 is 27.5 Å². The number of rotatable bonds is 4. The topological polar surface area (TPSA) is 26.3 Å². The van der Waals surface area contributed by atoms with Gasteiger partial charge in [-0.25, -0.2) is 0 Å². The van der Waals surface area contributed by atoms with Gasteiger partial charge in [0.1, 0.15) is 5.75 Å². The fourth-order valence-corrected chi connectivity index (χ4v) is 1.64. The van der Waals surface area contributed by atoms with Gasteiger partial charge in [0.15, 0.2) is 5.78 Å². The molecule has 0 aliphatic carbocycles. The van der Waals surface area contributed by atoms with E-state index in [2.05, 4.69) is 15.9 Å². The molecule has 0 saturated carbocycles. The number of benzene rings is 1. The summed E-state index contributed by atoms with van der Waals surface area (Å²) in [6.45, 7) is 4.12. The van der Waals surface area contributed by atoms with Crippen molar-refractivity contribution < 1.29 is 9.53 Å². The number of carbonyl (C=O) groups excluding carboxylic acids is 1. The van der Waals surface area contributed by atoms with Crippen molar-refractivity contribution in [2.75, 3.05) is 6.61 Å². The second kappa shape index (κ2) is 5.52. The van der Waals surface area contributed by atoms with Crippen molar-refractivity contribution in [2.24, 2.45) is 0 Å². The molecule has 0 saturated heterocycles. The lowest BCUT2D eigenvalue weighted by Gasteiger charge is -2.08. The molecular weight excluding hydrogens is 279 g/mol. The Kier molecular flexibility index (Phi) is 4.61. The first-order valence-corrected chi connectivity index (χ1v) is 5.89. The van der Waals surface area contributed by atoms with E-state index in [4.69, 9.17) is 16.3 Å². The van der Waals surface area contributed by atoms with Crippen molar-refractivity contribution in [2.45, 2.75) is 19.2 Å². The van der Waals surface area contributed by atoms with Gasteiger partial charge in [-0.3, -0.25) is 4.79 Å². The summed E-state index contributed by atoms with van der Waals surface area (Å²) in [6, 6.07) is 5.22. The van der Waals surface area contributed by atoms with Crippen molar-refractivity contribution in [3.8, 4) is 5.75 Å². The number of halogens is 2. The zero-order valence-electron chi connectivity index (χ0n) is 8.59. The van der Waals surface area contributed by atoms with Crippen molar-refractivity contribution in [1.29, 1.82) is 0 Å². The minimum atomic E-state index is -0.513. The van der Waals surface area contributed by atoms with E-state index in [1.54, 1.807) is 25.1 Å². The number of hydrogen-bond acceptors (Lipinski definition) is 2. The lowest BCUT2D eigenvalue weighted by Crippen LogP contribution is -2.10. The normalized spacial score (nSPS) is 12.3. The molecule has 0 aromatic heterocycles. The van der Waals surface area contributed by atoms with E-state index < -0.39 is 5.38 Å². The maximum atomic E-state index is 11.6. The number of Topliss-reactive ketones (excluding diaryl/α,β-unsaturated/α-hetero) is 1. The third kappa shape index (κ3) is 3.21. The van der Waals surface area contributed by atoms with E-state index >= 15 is 0 Å². The van der Waals surface area contributed by atoms with Gasteiger partial charge in [-0.05, 0) is 48.0 Å². The Morgan fingerprint density at radius 3 is 2.80 bits per heavy atom. The third-order valence-electron chi connectivity index (χ3n) is 1.88. The van der Waals surface area contributed by atoms with E-state index in [1.165, 1.54) is 0 Å². The predicted octanol–water partition coefficient (Wildman–Crippen LogP) is 3.66. The van der Waals surface area contributed by atoms with Crippen LogP contribution in [0.5, 0.6) is 5.75 Å². The van der Waals surface area contributed by atoms with Crippen LogP contribution in [0.25, 0.3) is 0 Å². The maximum absolute atomic E-state index is 11.6. The van der Waals surface area contributed by atoms with Crippen molar-refractivity contribution in [1.82, 2.24) is 0 Å². The first-order chi connectivity index (χ1) is 7.06. The molecule has 0 amide bonds. The Morgan fingerprint density at radius 2 is 2.27 bits per heavy atom. The molecular formula is C11H12BrClO2. The number of hydrogen-bond donors (Lipinski definition) is 0. The van der Waals surface area contributed by atoms with E-state index in [0.717, 1.165) is 4.47 Å². The van der Waals surface area contributed by atoms with Crippen LogP contribution in [0.3, 0.4) is 0 Å². The molecule has 1 atom stereocenters. The summed E-state index contributed by atoms with van der Waals surface area (Å²) >= 11 is 9.08. The highest BCUT2D eigenvalue weighted by atomic mass is 79.9.